The lowest BCUT2D eigenvalue weighted by atomic mass is 9.84. The fourth-order valence-electron chi connectivity index (χ4n) is 4.33. The van der Waals surface area contributed by atoms with Crippen molar-refractivity contribution in [2.75, 3.05) is 0 Å². The normalized spacial score (nSPS) is 18.6. The average Bonchev–Trinajstić information content (AvgIpc) is 3.33. The van der Waals surface area contributed by atoms with Crippen molar-refractivity contribution < 1.29 is 22.4 Å². The molecule has 0 radical (unpaired) electrons. The van der Waals surface area contributed by atoms with Gasteiger partial charge in [-0.1, -0.05) is 37.5 Å². The van der Waals surface area contributed by atoms with E-state index in [1.165, 1.54) is 30.7 Å². The Morgan fingerprint density at radius 1 is 1.03 bits per heavy atom. The molecule has 0 unspecified atom stereocenters. The molecule has 3 aromatic rings. The Balaban J connectivity index is 1.56. The third-order valence-electron chi connectivity index (χ3n) is 5.81. The molecule has 2 aliphatic rings. The van der Waals surface area contributed by atoms with Crippen LogP contribution in [-0.4, -0.2) is 15.6 Å². The number of nitrogens with zero attached hydrogens (tertiary/aromatic N) is 1. The third kappa shape index (κ3) is 3.25. The minimum Gasteiger partial charge on any atom is -0.337 e. The highest BCUT2D eigenvalue weighted by Gasteiger charge is 2.37. The first-order valence-electron chi connectivity index (χ1n) is 9.88. The van der Waals surface area contributed by atoms with Crippen molar-refractivity contribution in [1.29, 1.82) is 0 Å². The second-order valence-corrected chi connectivity index (χ2v) is 7.87. The predicted molar refractivity (Wildman–Crippen MR) is 105 cm³/mol. The summed E-state index contributed by atoms with van der Waals surface area (Å²) in [5, 5.41) is 0. The van der Waals surface area contributed by atoms with Crippen LogP contribution in [0.25, 0.3) is 27.9 Å². The second kappa shape index (κ2) is 6.84. The van der Waals surface area contributed by atoms with Gasteiger partial charge in [-0.15, -0.1) is 0 Å². The van der Waals surface area contributed by atoms with E-state index in [-0.39, 0.29) is 22.2 Å². The molecule has 4 nitrogen and oxygen atoms in total. The molecule has 30 heavy (non-hydrogen) atoms. The molecule has 8 heteroatoms. The maximum atomic E-state index is 14.8. The zero-order chi connectivity index (χ0) is 20.9. The van der Waals surface area contributed by atoms with E-state index in [1.54, 1.807) is 0 Å². The molecule has 0 atom stereocenters. The molecule has 1 spiro atoms. The first-order valence-corrected chi connectivity index (χ1v) is 9.88. The van der Waals surface area contributed by atoms with Crippen molar-refractivity contribution >= 4 is 16.7 Å². The van der Waals surface area contributed by atoms with Crippen LogP contribution in [0.15, 0.2) is 42.5 Å². The minimum absolute atomic E-state index is 0.0746. The van der Waals surface area contributed by atoms with E-state index < -0.39 is 17.6 Å². The highest BCUT2D eigenvalue weighted by molar-refractivity contribution is 5.85. The van der Waals surface area contributed by atoms with Gasteiger partial charge in [0.2, 0.25) is 0 Å². The average molecular weight is 417 g/mol. The lowest BCUT2D eigenvalue weighted by Gasteiger charge is -2.29. The summed E-state index contributed by atoms with van der Waals surface area (Å²) < 4.78 is 54.9. The van der Waals surface area contributed by atoms with Crippen molar-refractivity contribution in [3.63, 3.8) is 0 Å². The van der Waals surface area contributed by atoms with E-state index in [0.717, 1.165) is 37.8 Å². The number of halogens is 4. The van der Waals surface area contributed by atoms with Gasteiger partial charge in [0, 0.05) is 0 Å². The summed E-state index contributed by atoms with van der Waals surface area (Å²) >= 11 is 0. The van der Waals surface area contributed by atoms with Gasteiger partial charge in [0.1, 0.15) is 16.8 Å². The quantitative estimate of drug-likeness (QED) is 0.506. The number of imidazole rings is 1. The summed E-state index contributed by atoms with van der Waals surface area (Å²) in [5.74, 6) is -0.290. The molecule has 0 amide bonds. The number of hydrogen-bond donors (Lipinski definition) is 2. The number of H-pyrrole nitrogens is 1. The zero-order valence-corrected chi connectivity index (χ0v) is 15.9. The second-order valence-electron chi connectivity index (χ2n) is 7.87. The van der Waals surface area contributed by atoms with E-state index in [0.29, 0.717) is 17.0 Å². The van der Waals surface area contributed by atoms with Crippen LogP contribution in [-0.2, 0) is 11.0 Å². The van der Waals surface area contributed by atoms with Crippen LogP contribution in [0.1, 0.15) is 43.5 Å². The van der Waals surface area contributed by atoms with Gasteiger partial charge in [-0.2, -0.15) is 13.2 Å². The smallest absolute Gasteiger partial charge is 0.337 e. The highest BCUT2D eigenvalue weighted by atomic mass is 19.4. The van der Waals surface area contributed by atoms with Gasteiger partial charge in [-0.3, -0.25) is 10.3 Å². The van der Waals surface area contributed by atoms with Gasteiger partial charge in [0.05, 0.1) is 11.1 Å². The third-order valence-corrected chi connectivity index (χ3v) is 5.81. The molecule has 1 aromatic heterocycles. The van der Waals surface area contributed by atoms with Crippen LogP contribution in [0.4, 0.5) is 17.6 Å². The monoisotopic (exact) mass is 417 g/mol. The maximum Gasteiger partial charge on any atom is 0.417 e. The predicted octanol–water partition coefficient (Wildman–Crippen LogP) is 5.97. The molecule has 2 N–H and O–H groups in total. The summed E-state index contributed by atoms with van der Waals surface area (Å²) in [5.41, 5.74) is 2.77. The van der Waals surface area contributed by atoms with Gasteiger partial charge in [-0.25, -0.2) is 9.37 Å². The number of hydrogen-bond acceptors (Lipinski definition) is 3. The Morgan fingerprint density at radius 2 is 1.80 bits per heavy atom. The van der Waals surface area contributed by atoms with E-state index in [9.17, 15) is 17.6 Å². The number of nitrogens with one attached hydrogen (secondary N) is 2. The Kier molecular flexibility index (Phi) is 4.36. The molecule has 1 aliphatic carbocycles. The molecule has 2 aromatic carbocycles. The summed E-state index contributed by atoms with van der Waals surface area (Å²) in [4.78, 5) is 13.1. The van der Waals surface area contributed by atoms with Crippen LogP contribution in [0.5, 0.6) is 0 Å². The maximum absolute atomic E-state index is 14.8. The molecule has 5 rings (SSSR count). The standard InChI is InChI=1S/C22H19F4N3O/c23-16-10-13(14-6-2-3-7-15(14)22(24,25)26)11-17-19(16)28-20(27-17)18-12-21(30-29-18)8-4-1-5-9-21/h2-3,6-7,10-12,29H,1,4-5,8-9H2,(H,27,28). The van der Waals surface area contributed by atoms with Gasteiger partial charge in [0.15, 0.2) is 11.6 Å². The van der Waals surface area contributed by atoms with E-state index in [4.69, 9.17) is 4.84 Å². The van der Waals surface area contributed by atoms with Crippen molar-refractivity contribution in [2.24, 2.45) is 0 Å². The first kappa shape index (κ1) is 19.1. The highest BCUT2D eigenvalue weighted by Crippen LogP contribution is 2.40. The van der Waals surface area contributed by atoms with E-state index in [1.807, 2.05) is 6.08 Å². The Morgan fingerprint density at radius 3 is 2.57 bits per heavy atom. The number of aromatic amines is 1. The van der Waals surface area contributed by atoms with Gasteiger partial charge >= 0.3 is 6.18 Å². The molecule has 1 saturated carbocycles. The van der Waals surface area contributed by atoms with Crippen molar-refractivity contribution in [1.82, 2.24) is 15.4 Å². The topological polar surface area (TPSA) is 49.9 Å². The molecule has 0 bridgehead atoms. The van der Waals surface area contributed by atoms with Gasteiger partial charge in [0.25, 0.3) is 0 Å². The van der Waals surface area contributed by atoms with Crippen molar-refractivity contribution in [3.8, 4) is 11.1 Å². The van der Waals surface area contributed by atoms with Crippen LogP contribution < -0.4 is 5.48 Å². The number of rotatable bonds is 2. The van der Waals surface area contributed by atoms with Crippen molar-refractivity contribution in [2.45, 2.75) is 43.9 Å². The molecular formula is C22H19F4N3O. The minimum atomic E-state index is -4.54. The van der Waals surface area contributed by atoms with Crippen molar-refractivity contribution in [3.05, 3.63) is 59.7 Å². The van der Waals surface area contributed by atoms with Crippen LogP contribution in [0.2, 0.25) is 0 Å². The molecule has 1 aliphatic heterocycles. The Labute approximate surface area is 169 Å². The Bertz CT molecular complexity index is 1140. The number of fused-ring (bicyclic) bond motifs is 1. The molecule has 2 heterocycles. The van der Waals surface area contributed by atoms with Gasteiger partial charge in [-0.05, 0) is 48.2 Å². The van der Waals surface area contributed by atoms with Crippen LogP contribution >= 0.6 is 0 Å². The first-order chi connectivity index (χ1) is 14.3. The number of alkyl halides is 3. The summed E-state index contributed by atoms with van der Waals surface area (Å²) in [6.07, 6.45) is 2.55. The fraction of sp³-hybridized carbons (Fsp3) is 0.318. The Hall–Kier alpha value is -2.87. The SMILES string of the molecule is Fc1cc(-c2ccccc2C(F)(F)F)cc2[nH]c(C3=CC4(CCCCC4)ON3)nc12. The van der Waals surface area contributed by atoms with Crippen LogP contribution in [0, 0.1) is 5.82 Å². The van der Waals surface area contributed by atoms with Gasteiger partial charge < -0.3 is 4.98 Å². The summed E-state index contributed by atoms with van der Waals surface area (Å²) in [7, 11) is 0. The molecule has 156 valence electrons. The number of hydroxylamine groups is 1. The van der Waals surface area contributed by atoms with Crippen LogP contribution in [0.3, 0.4) is 0 Å². The largest absolute Gasteiger partial charge is 0.417 e. The molecule has 1 fully saturated rings. The zero-order valence-electron chi connectivity index (χ0n) is 15.9. The van der Waals surface area contributed by atoms with E-state index in [2.05, 4.69) is 15.4 Å². The lowest BCUT2D eigenvalue weighted by Crippen LogP contribution is -2.31. The number of aromatic nitrogens is 2. The number of benzene rings is 2. The molecular weight excluding hydrogens is 398 g/mol. The molecule has 0 saturated heterocycles. The van der Waals surface area contributed by atoms with E-state index >= 15 is 0 Å². The fourth-order valence-corrected chi connectivity index (χ4v) is 4.33. The summed E-state index contributed by atoms with van der Waals surface area (Å²) in [6.45, 7) is 0. The lowest BCUT2D eigenvalue weighted by molar-refractivity contribution is -0.137. The summed E-state index contributed by atoms with van der Waals surface area (Å²) in [6, 6.07) is 7.72.